The average molecular weight is 472 g/mol. The number of aromatic nitrogens is 2. The van der Waals surface area contributed by atoms with Crippen molar-refractivity contribution in [3.05, 3.63) is 77.6 Å². The van der Waals surface area contributed by atoms with Crippen molar-refractivity contribution in [1.82, 2.24) is 14.7 Å². The van der Waals surface area contributed by atoms with Gasteiger partial charge < -0.3 is 14.6 Å². The smallest absolute Gasteiger partial charge is 0.165 e. The predicted molar refractivity (Wildman–Crippen MR) is 132 cm³/mol. The summed E-state index contributed by atoms with van der Waals surface area (Å²) < 4.78 is 14.2. The van der Waals surface area contributed by atoms with Crippen molar-refractivity contribution in [1.29, 1.82) is 0 Å². The number of aromatic hydroxyl groups is 1. The van der Waals surface area contributed by atoms with Crippen molar-refractivity contribution >= 4 is 11.8 Å². The number of rotatable bonds is 3. The number of nitrogens with zero attached hydrogens (tertiary/aromatic N) is 3. The number of hydrogen-bond acceptors (Lipinski definition) is 6. The van der Waals surface area contributed by atoms with Crippen LogP contribution in [0.4, 0.5) is 0 Å². The maximum Gasteiger partial charge on any atom is 0.165 e. The topological polar surface area (TPSA) is 59.8 Å². The molecule has 3 aromatic carbocycles. The number of fused-ring (bicyclic) bond motifs is 3. The lowest BCUT2D eigenvalue weighted by molar-refractivity contribution is 0.217. The van der Waals surface area contributed by atoms with E-state index in [2.05, 4.69) is 35.1 Å². The van der Waals surface area contributed by atoms with Gasteiger partial charge in [0.05, 0.1) is 16.0 Å². The minimum Gasteiger partial charge on any atom is -0.504 e. The van der Waals surface area contributed by atoms with E-state index >= 15 is 0 Å². The summed E-state index contributed by atoms with van der Waals surface area (Å²) in [6.07, 6.45) is 1.93. The molecule has 0 saturated heterocycles. The summed E-state index contributed by atoms with van der Waals surface area (Å²) in [4.78, 5) is 4.50. The molecule has 0 unspecified atom stereocenters. The molecule has 4 aromatic rings. The highest BCUT2D eigenvalue weighted by Crippen LogP contribution is 2.51. The summed E-state index contributed by atoms with van der Waals surface area (Å²) >= 11 is 1.70. The highest BCUT2D eigenvalue weighted by molar-refractivity contribution is 7.99. The van der Waals surface area contributed by atoms with Crippen LogP contribution in [-0.4, -0.2) is 32.9 Å². The summed E-state index contributed by atoms with van der Waals surface area (Å²) in [6, 6.07) is 18.1. The molecule has 1 N–H and O–H groups in total. The minimum atomic E-state index is 0.161. The molecular weight excluding hydrogens is 446 g/mol. The van der Waals surface area contributed by atoms with Gasteiger partial charge in [0.15, 0.2) is 11.5 Å². The van der Waals surface area contributed by atoms with E-state index in [1.165, 1.54) is 5.56 Å². The standard InChI is InChI=1S/C27H25N3O3S/c1-17-20(14-28-29(17)2)16-30-10-11-32-26-19(15-30)12-18(13-22(26)31)21-6-5-9-25-27(21)33-23-7-3-4-8-24(23)34-25/h3-9,12-14,31H,10-11,15-16H2,1-2H3. The molecule has 0 atom stereocenters. The molecule has 0 spiro atoms. The zero-order valence-electron chi connectivity index (χ0n) is 19.1. The van der Waals surface area contributed by atoms with Crippen molar-refractivity contribution in [3.63, 3.8) is 0 Å². The van der Waals surface area contributed by atoms with Gasteiger partial charge in [-0.05, 0) is 42.8 Å². The lowest BCUT2D eigenvalue weighted by atomic mass is 10.00. The third kappa shape index (κ3) is 3.71. The van der Waals surface area contributed by atoms with Crippen LogP contribution in [0.15, 0.2) is 70.6 Å². The fourth-order valence-electron chi connectivity index (χ4n) is 4.56. The van der Waals surface area contributed by atoms with Crippen LogP contribution in [0.1, 0.15) is 16.8 Å². The fourth-order valence-corrected chi connectivity index (χ4v) is 5.54. The van der Waals surface area contributed by atoms with Gasteiger partial charge in [0.2, 0.25) is 0 Å². The molecule has 0 bridgehead atoms. The normalized spacial score (nSPS) is 14.9. The zero-order chi connectivity index (χ0) is 23.2. The number of hydrogen-bond donors (Lipinski definition) is 1. The number of phenolic OH excluding ortho intramolecular Hbond substituents is 1. The van der Waals surface area contributed by atoms with Crippen LogP contribution >= 0.6 is 11.8 Å². The van der Waals surface area contributed by atoms with Crippen molar-refractivity contribution in [2.24, 2.45) is 7.05 Å². The van der Waals surface area contributed by atoms with Crippen LogP contribution in [0, 0.1) is 6.92 Å². The van der Waals surface area contributed by atoms with E-state index in [0.717, 1.165) is 56.8 Å². The van der Waals surface area contributed by atoms with E-state index in [0.29, 0.717) is 18.9 Å². The molecule has 6 rings (SSSR count). The number of ether oxygens (including phenoxy) is 2. The molecular formula is C27H25N3O3S. The molecule has 3 heterocycles. The maximum absolute atomic E-state index is 10.9. The molecule has 0 amide bonds. The third-order valence-corrected chi connectivity index (χ3v) is 7.59. The van der Waals surface area contributed by atoms with Crippen molar-refractivity contribution < 1.29 is 14.6 Å². The zero-order valence-corrected chi connectivity index (χ0v) is 19.9. The lowest BCUT2D eigenvalue weighted by Gasteiger charge is -2.23. The Morgan fingerprint density at radius 3 is 2.76 bits per heavy atom. The van der Waals surface area contributed by atoms with Crippen LogP contribution < -0.4 is 9.47 Å². The monoisotopic (exact) mass is 471 g/mol. The van der Waals surface area contributed by atoms with Crippen LogP contribution in [0.2, 0.25) is 0 Å². The molecule has 2 aliphatic heterocycles. The average Bonchev–Trinajstić information content (AvgIpc) is 3.03. The largest absolute Gasteiger partial charge is 0.504 e. The van der Waals surface area contributed by atoms with Gasteiger partial charge in [0.1, 0.15) is 18.1 Å². The van der Waals surface area contributed by atoms with E-state index in [4.69, 9.17) is 9.47 Å². The molecule has 7 heteroatoms. The van der Waals surface area contributed by atoms with Crippen LogP contribution in [0.5, 0.6) is 23.0 Å². The first-order valence-corrected chi connectivity index (χ1v) is 12.1. The van der Waals surface area contributed by atoms with Crippen LogP contribution in [-0.2, 0) is 20.1 Å². The molecule has 0 saturated carbocycles. The number of benzene rings is 3. The molecule has 1 aromatic heterocycles. The highest BCUT2D eigenvalue weighted by Gasteiger charge is 2.24. The second kappa shape index (κ2) is 8.42. The Morgan fingerprint density at radius 1 is 1.06 bits per heavy atom. The van der Waals surface area contributed by atoms with Gasteiger partial charge in [-0.3, -0.25) is 9.58 Å². The first kappa shape index (κ1) is 21.1. The molecule has 0 fully saturated rings. The van der Waals surface area contributed by atoms with Crippen molar-refractivity contribution in [2.45, 2.75) is 29.8 Å². The van der Waals surface area contributed by atoms with Gasteiger partial charge in [-0.15, -0.1) is 0 Å². The van der Waals surface area contributed by atoms with Crippen molar-refractivity contribution in [2.75, 3.05) is 13.2 Å². The van der Waals surface area contributed by atoms with E-state index < -0.39 is 0 Å². The fraction of sp³-hybridized carbons (Fsp3) is 0.222. The van der Waals surface area contributed by atoms with Gasteiger partial charge in [-0.1, -0.05) is 36.0 Å². The van der Waals surface area contributed by atoms with Crippen LogP contribution in [0.3, 0.4) is 0 Å². The minimum absolute atomic E-state index is 0.161. The Balaban J connectivity index is 1.36. The van der Waals surface area contributed by atoms with Gasteiger partial charge >= 0.3 is 0 Å². The summed E-state index contributed by atoms with van der Waals surface area (Å²) in [5.41, 5.74) is 5.20. The maximum atomic E-state index is 10.9. The Bertz CT molecular complexity index is 1400. The second-order valence-electron chi connectivity index (χ2n) is 8.71. The number of para-hydroxylation sites is 2. The van der Waals surface area contributed by atoms with E-state index in [9.17, 15) is 5.11 Å². The quantitative estimate of drug-likeness (QED) is 0.361. The van der Waals surface area contributed by atoms with Gasteiger partial charge in [-0.25, -0.2) is 0 Å². The van der Waals surface area contributed by atoms with E-state index in [-0.39, 0.29) is 5.75 Å². The lowest BCUT2D eigenvalue weighted by Crippen LogP contribution is -2.25. The molecule has 0 aliphatic carbocycles. The third-order valence-electron chi connectivity index (χ3n) is 6.50. The SMILES string of the molecule is Cc1c(CN2CCOc3c(O)cc(-c4cccc5c4Oc4ccccc4S5)cc3C2)cnn1C. The second-order valence-corrected chi connectivity index (χ2v) is 9.79. The summed E-state index contributed by atoms with van der Waals surface area (Å²) in [6.45, 7) is 4.85. The highest BCUT2D eigenvalue weighted by atomic mass is 32.2. The Kier molecular flexibility index (Phi) is 5.23. The Morgan fingerprint density at radius 2 is 1.91 bits per heavy atom. The predicted octanol–water partition coefficient (Wildman–Crippen LogP) is 5.75. The first-order valence-electron chi connectivity index (χ1n) is 11.3. The Labute approximate surface area is 202 Å². The number of aryl methyl sites for hydroxylation is 1. The summed E-state index contributed by atoms with van der Waals surface area (Å²) in [7, 11) is 1.96. The molecule has 0 radical (unpaired) electrons. The first-order chi connectivity index (χ1) is 16.6. The molecule has 172 valence electrons. The number of phenols is 1. The van der Waals surface area contributed by atoms with E-state index in [1.807, 2.05) is 48.3 Å². The van der Waals surface area contributed by atoms with Gasteiger partial charge in [0.25, 0.3) is 0 Å². The van der Waals surface area contributed by atoms with Gasteiger partial charge in [0, 0.05) is 49.1 Å². The molecule has 2 aliphatic rings. The van der Waals surface area contributed by atoms with E-state index in [1.54, 1.807) is 17.8 Å². The molecule has 34 heavy (non-hydrogen) atoms. The van der Waals surface area contributed by atoms with Crippen LogP contribution in [0.25, 0.3) is 11.1 Å². The van der Waals surface area contributed by atoms with Gasteiger partial charge in [-0.2, -0.15) is 5.10 Å². The molecule has 6 nitrogen and oxygen atoms in total. The summed E-state index contributed by atoms with van der Waals surface area (Å²) in [5.74, 6) is 2.41. The Hall–Kier alpha value is -3.42. The summed E-state index contributed by atoms with van der Waals surface area (Å²) in [5, 5.41) is 15.3. The van der Waals surface area contributed by atoms with Crippen molar-refractivity contribution in [3.8, 4) is 34.1 Å².